The molecule has 1 amide bonds. The van der Waals surface area contributed by atoms with Crippen LogP contribution in [0.2, 0.25) is 5.02 Å². The van der Waals surface area contributed by atoms with Crippen LogP contribution < -0.4 is 10.1 Å². The Bertz CT molecular complexity index is 1560. The number of carbonyl (C=O) groups is 1. The molecule has 0 aliphatic rings. The van der Waals surface area contributed by atoms with E-state index in [1.165, 1.54) is 34.3 Å². The van der Waals surface area contributed by atoms with Gasteiger partial charge in [0, 0.05) is 16.0 Å². The summed E-state index contributed by atoms with van der Waals surface area (Å²) in [6.07, 6.45) is 1.38. The number of nitrogens with one attached hydrogen (secondary N) is 1. The smallest absolute Gasteiger partial charge is 0.293 e. The predicted molar refractivity (Wildman–Crippen MR) is 147 cm³/mol. The van der Waals surface area contributed by atoms with E-state index in [1.807, 2.05) is 30.3 Å². The lowest BCUT2D eigenvalue weighted by atomic mass is 9.78. The third-order valence-electron chi connectivity index (χ3n) is 6.48. The third-order valence-corrected chi connectivity index (χ3v) is 6.84. The summed E-state index contributed by atoms with van der Waals surface area (Å²) < 4.78 is 26.9. The highest BCUT2D eigenvalue weighted by molar-refractivity contribution is 6.31. The highest BCUT2D eigenvalue weighted by Crippen LogP contribution is 2.32. The van der Waals surface area contributed by atoms with Gasteiger partial charge in [0.05, 0.1) is 6.54 Å². The van der Waals surface area contributed by atoms with Crippen LogP contribution in [0.5, 0.6) is 5.75 Å². The van der Waals surface area contributed by atoms with Crippen molar-refractivity contribution in [3.8, 4) is 5.75 Å². The van der Waals surface area contributed by atoms with Crippen LogP contribution in [0.3, 0.4) is 0 Å². The summed E-state index contributed by atoms with van der Waals surface area (Å²) in [4.78, 5) is 16.7. The molecule has 0 fully saturated rings. The molecule has 0 radical (unpaired) electrons. The summed E-state index contributed by atoms with van der Waals surface area (Å²) in [5, 5.41) is 7.02. The molecule has 0 saturated carbocycles. The molecule has 2 aromatic heterocycles. The molecule has 0 bridgehead atoms. The number of furan rings is 1. The Labute approximate surface area is 230 Å². The second-order valence-corrected chi connectivity index (χ2v) is 9.90. The van der Waals surface area contributed by atoms with Crippen LogP contribution in [0.15, 0.2) is 95.7 Å². The zero-order valence-electron chi connectivity index (χ0n) is 21.4. The molecule has 0 unspecified atom stereocenters. The fourth-order valence-corrected chi connectivity index (χ4v) is 4.38. The molecular weight excluding hydrogens is 519 g/mol. The molecule has 0 spiro atoms. The highest BCUT2D eigenvalue weighted by atomic mass is 35.5. The molecule has 0 atom stereocenters. The molecular formula is C30H26ClFN4O3. The minimum Gasteiger partial charge on any atom is -0.486 e. The lowest BCUT2D eigenvalue weighted by Gasteiger charge is -2.26. The van der Waals surface area contributed by atoms with Crippen molar-refractivity contribution < 1.29 is 18.3 Å². The average Bonchev–Trinajstić information content (AvgIpc) is 3.60. The Hall–Kier alpha value is -4.43. The van der Waals surface area contributed by atoms with Crippen molar-refractivity contribution in [2.45, 2.75) is 32.4 Å². The quantitative estimate of drug-likeness (QED) is 0.219. The van der Waals surface area contributed by atoms with E-state index in [2.05, 4.69) is 53.5 Å². The van der Waals surface area contributed by atoms with Crippen molar-refractivity contribution in [1.82, 2.24) is 14.8 Å². The van der Waals surface area contributed by atoms with Crippen molar-refractivity contribution in [2.75, 3.05) is 5.32 Å². The molecule has 0 aliphatic heterocycles. The molecule has 0 saturated heterocycles. The van der Waals surface area contributed by atoms with Crippen LogP contribution in [-0.2, 0) is 18.6 Å². The maximum Gasteiger partial charge on any atom is 0.293 e. The summed E-state index contributed by atoms with van der Waals surface area (Å²) in [6.45, 7) is 4.60. The number of amides is 1. The van der Waals surface area contributed by atoms with Crippen molar-refractivity contribution in [2.24, 2.45) is 0 Å². The van der Waals surface area contributed by atoms with E-state index >= 15 is 0 Å². The number of rotatable bonds is 9. The lowest BCUT2D eigenvalue weighted by molar-refractivity contribution is 0.0991. The third kappa shape index (κ3) is 6.02. The Kier molecular flexibility index (Phi) is 7.47. The molecule has 39 heavy (non-hydrogen) atoms. The normalized spacial score (nSPS) is 11.4. The lowest BCUT2D eigenvalue weighted by Crippen LogP contribution is -2.18. The number of aromatic nitrogens is 3. The number of carbonyl (C=O) groups excluding carboxylic acids is 1. The molecule has 9 heteroatoms. The first-order valence-electron chi connectivity index (χ1n) is 12.3. The number of benzene rings is 3. The van der Waals surface area contributed by atoms with Gasteiger partial charge in [0.2, 0.25) is 5.95 Å². The monoisotopic (exact) mass is 544 g/mol. The summed E-state index contributed by atoms with van der Waals surface area (Å²) in [5.41, 5.74) is 2.55. The minimum atomic E-state index is -0.518. The molecule has 3 aromatic carbocycles. The van der Waals surface area contributed by atoms with Gasteiger partial charge in [0.1, 0.15) is 30.3 Å². The summed E-state index contributed by atoms with van der Waals surface area (Å²) >= 11 is 6.07. The summed E-state index contributed by atoms with van der Waals surface area (Å²) in [5.74, 6) is 0.356. The van der Waals surface area contributed by atoms with E-state index in [9.17, 15) is 9.18 Å². The molecule has 2 heterocycles. The fourth-order valence-electron chi connectivity index (χ4n) is 4.16. The van der Waals surface area contributed by atoms with E-state index in [0.717, 1.165) is 0 Å². The first kappa shape index (κ1) is 26.2. The Morgan fingerprint density at radius 3 is 2.49 bits per heavy atom. The van der Waals surface area contributed by atoms with Gasteiger partial charge >= 0.3 is 0 Å². The van der Waals surface area contributed by atoms with Gasteiger partial charge in [-0.2, -0.15) is 0 Å². The van der Waals surface area contributed by atoms with Gasteiger partial charge in [-0.05, 0) is 47.5 Å². The summed E-state index contributed by atoms with van der Waals surface area (Å²) in [7, 11) is 0. The van der Waals surface area contributed by atoms with E-state index in [0.29, 0.717) is 11.5 Å². The molecule has 5 aromatic rings. The molecule has 1 N–H and O–H groups in total. The maximum atomic E-state index is 14.0. The van der Waals surface area contributed by atoms with E-state index < -0.39 is 11.7 Å². The number of nitrogens with zero attached hydrogens (tertiary/aromatic N) is 3. The van der Waals surface area contributed by atoms with E-state index in [4.69, 9.17) is 20.8 Å². The van der Waals surface area contributed by atoms with Gasteiger partial charge in [-0.1, -0.05) is 74.0 Å². The topological polar surface area (TPSA) is 82.2 Å². The fraction of sp³-hybridized carbons (Fsp3) is 0.167. The first-order valence-corrected chi connectivity index (χ1v) is 12.7. The largest absolute Gasteiger partial charge is 0.486 e. The van der Waals surface area contributed by atoms with Crippen molar-refractivity contribution in [1.29, 1.82) is 0 Å². The Morgan fingerprint density at radius 2 is 1.74 bits per heavy atom. The van der Waals surface area contributed by atoms with E-state index in [-0.39, 0.29) is 40.9 Å². The van der Waals surface area contributed by atoms with Crippen LogP contribution >= 0.6 is 11.6 Å². The standard InChI is InChI=1S/C30H26ClFN4O3/c1-30(2,20-7-4-3-5-8-20)21-11-13-22(14-12-21)38-18-23-15-16-27(39-23)28(37)34-29-33-19-36(35-29)17-24-25(31)9-6-10-26(24)32/h3-16,19H,17-18H2,1-2H3,(H,34,35,37). The number of ether oxygens (including phenoxy) is 1. The van der Waals surface area contributed by atoms with Crippen molar-refractivity contribution >= 4 is 23.5 Å². The molecule has 198 valence electrons. The van der Waals surface area contributed by atoms with Gasteiger partial charge in [-0.25, -0.2) is 14.1 Å². The van der Waals surface area contributed by atoms with Gasteiger partial charge in [-0.3, -0.25) is 10.1 Å². The van der Waals surface area contributed by atoms with Gasteiger partial charge in [0.25, 0.3) is 5.91 Å². The number of hydrogen-bond donors (Lipinski definition) is 1. The van der Waals surface area contributed by atoms with E-state index in [1.54, 1.807) is 18.2 Å². The molecule has 0 aliphatic carbocycles. The van der Waals surface area contributed by atoms with Gasteiger partial charge in [-0.15, -0.1) is 5.10 Å². The number of hydrogen-bond acceptors (Lipinski definition) is 5. The predicted octanol–water partition coefficient (Wildman–Crippen LogP) is 6.87. The Balaban J connectivity index is 1.16. The van der Waals surface area contributed by atoms with Crippen LogP contribution in [-0.4, -0.2) is 20.7 Å². The van der Waals surface area contributed by atoms with Gasteiger partial charge < -0.3 is 9.15 Å². The second kappa shape index (κ2) is 11.1. The minimum absolute atomic E-state index is 0.0557. The zero-order chi connectivity index (χ0) is 27.4. The van der Waals surface area contributed by atoms with Gasteiger partial charge in [0.15, 0.2) is 5.76 Å². The zero-order valence-corrected chi connectivity index (χ0v) is 22.2. The van der Waals surface area contributed by atoms with Crippen molar-refractivity contribution in [3.63, 3.8) is 0 Å². The average molecular weight is 545 g/mol. The van der Waals surface area contributed by atoms with Crippen LogP contribution in [0.4, 0.5) is 10.3 Å². The second-order valence-electron chi connectivity index (χ2n) is 9.49. The number of anilines is 1. The van der Waals surface area contributed by atoms with Crippen LogP contribution in [0.1, 0.15) is 46.9 Å². The number of halogens is 2. The highest BCUT2D eigenvalue weighted by Gasteiger charge is 2.22. The first-order chi connectivity index (χ1) is 18.8. The molecule has 5 rings (SSSR count). The SMILES string of the molecule is CC(C)(c1ccccc1)c1ccc(OCc2ccc(C(=O)Nc3ncn(Cc4c(F)cccc4Cl)n3)o2)cc1. The van der Waals surface area contributed by atoms with Crippen LogP contribution in [0, 0.1) is 5.82 Å². The Morgan fingerprint density at radius 1 is 1.00 bits per heavy atom. The van der Waals surface area contributed by atoms with Crippen LogP contribution in [0.25, 0.3) is 0 Å². The maximum absolute atomic E-state index is 14.0. The van der Waals surface area contributed by atoms with Crippen molar-refractivity contribution in [3.05, 3.63) is 130 Å². The molecule has 7 nitrogen and oxygen atoms in total. The summed E-state index contributed by atoms with van der Waals surface area (Å²) in [6, 6.07) is 26.0.